The molecule has 6 atom stereocenters. The largest absolute Gasteiger partial charge is 0.463 e. The van der Waals surface area contributed by atoms with Crippen LogP contribution in [-0.4, -0.2) is 69.8 Å². The number of rotatable bonds is 16. The number of aromatic nitrogens is 1. The first kappa shape index (κ1) is 35.1. The third-order valence-corrected chi connectivity index (χ3v) is 10.1. The van der Waals surface area contributed by atoms with Crippen LogP contribution in [0.2, 0.25) is 0 Å². The number of carbonyl (C=O) groups is 2. The molecule has 3 rings (SSSR count). The van der Waals surface area contributed by atoms with Gasteiger partial charge in [0.25, 0.3) is 5.56 Å². The molecular weight excluding hydrogens is 592 g/mol. The molecule has 1 fully saturated rings. The molecule has 0 unspecified atom stereocenters. The zero-order valence-corrected chi connectivity index (χ0v) is 27.0. The number of unbranched alkanes of at least 4 members (excludes halogenated alkanes) is 4. The van der Waals surface area contributed by atoms with E-state index in [0.29, 0.717) is 43.2 Å². The summed E-state index contributed by atoms with van der Waals surface area (Å²) in [5, 5.41) is 36.5. The first-order valence-corrected chi connectivity index (χ1v) is 17.3. The number of hydrogen-bond donors (Lipinski definition) is 5. The number of allylic oxidation sites excluding steroid dienone is 2. The molecular formula is C31H46N2O8S2. The van der Waals surface area contributed by atoms with Crippen LogP contribution in [0.15, 0.2) is 34.0 Å². The number of hydrogen-bond acceptors (Lipinski definition) is 10. The average molecular weight is 639 g/mol. The number of fused-ring (bicyclic) bond motifs is 1. The van der Waals surface area contributed by atoms with E-state index in [0.717, 1.165) is 29.8 Å². The zero-order valence-electron chi connectivity index (χ0n) is 25.4. The van der Waals surface area contributed by atoms with Gasteiger partial charge in [-0.1, -0.05) is 72.9 Å². The third-order valence-electron chi connectivity index (χ3n) is 8.03. The summed E-state index contributed by atoms with van der Waals surface area (Å²) in [7, 11) is 2.95. The number of amides is 1. The normalized spacial score (nSPS) is 22.7. The van der Waals surface area contributed by atoms with Crippen molar-refractivity contribution in [3.63, 3.8) is 0 Å². The SMILES string of the molecule is C/C(=C\C(=O)OCCCCCCCC(=O)Nc1c2sscc-2[nH]c1=O)[C@@H](O)[C@@H]1OC[C@H](C/C=C/[C@@H](C)C(C)C)[C@@H](O)[C@H]1O. The topological polar surface area (TPSA) is 158 Å². The maximum atomic E-state index is 12.3. The number of nitrogens with one attached hydrogen (secondary N) is 2. The number of esters is 1. The van der Waals surface area contributed by atoms with Gasteiger partial charge < -0.3 is 35.1 Å². The van der Waals surface area contributed by atoms with E-state index < -0.39 is 30.4 Å². The van der Waals surface area contributed by atoms with E-state index in [1.807, 2.05) is 11.5 Å². The maximum absolute atomic E-state index is 12.3. The van der Waals surface area contributed by atoms with E-state index in [1.165, 1.54) is 26.8 Å². The second-order valence-corrected chi connectivity index (χ2v) is 13.8. The molecule has 0 saturated carbocycles. The van der Waals surface area contributed by atoms with Crippen molar-refractivity contribution in [3.05, 3.63) is 39.5 Å². The van der Waals surface area contributed by atoms with Crippen LogP contribution in [0.3, 0.4) is 0 Å². The minimum Gasteiger partial charge on any atom is -0.463 e. The van der Waals surface area contributed by atoms with E-state index in [-0.39, 0.29) is 36.2 Å². The van der Waals surface area contributed by atoms with Crippen LogP contribution in [-0.2, 0) is 19.1 Å². The van der Waals surface area contributed by atoms with Gasteiger partial charge in [0.1, 0.15) is 24.0 Å². The molecule has 0 aromatic heterocycles. The van der Waals surface area contributed by atoms with Gasteiger partial charge in [0.05, 0.1) is 29.9 Å². The van der Waals surface area contributed by atoms with E-state index in [9.17, 15) is 29.7 Å². The van der Waals surface area contributed by atoms with E-state index in [4.69, 9.17) is 9.47 Å². The van der Waals surface area contributed by atoms with Gasteiger partial charge in [0, 0.05) is 23.8 Å². The highest BCUT2D eigenvalue weighted by Gasteiger charge is 2.41. The number of aliphatic hydroxyl groups excluding tert-OH is 3. The second-order valence-electron chi connectivity index (χ2n) is 11.7. The number of H-pyrrole nitrogens is 1. The molecule has 0 aromatic carbocycles. The summed E-state index contributed by atoms with van der Waals surface area (Å²) in [5.41, 5.74) is 1.08. The zero-order chi connectivity index (χ0) is 31.5. The van der Waals surface area contributed by atoms with Gasteiger partial charge in [-0.3, -0.25) is 9.59 Å². The van der Waals surface area contributed by atoms with Gasteiger partial charge in [0.2, 0.25) is 5.91 Å². The Hall–Kier alpha value is -2.35. The molecule has 0 bridgehead atoms. The molecule has 3 aliphatic rings. The second kappa shape index (κ2) is 17.2. The average Bonchev–Trinajstić information content (AvgIpc) is 3.53. The summed E-state index contributed by atoms with van der Waals surface area (Å²) in [5.74, 6) is -0.140. The highest BCUT2D eigenvalue weighted by molar-refractivity contribution is 7.70. The fourth-order valence-electron chi connectivity index (χ4n) is 4.83. The van der Waals surface area contributed by atoms with Crippen molar-refractivity contribution in [2.24, 2.45) is 17.8 Å². The lowest BCUT2D eigenvalue weighted by atomic mass is 9.86. The fraction of sp³-hybridized carbons (Fsp3) is 0.645. The van der Waals surface area contributed by atoms with Crippen LogP contribution in [0.25, 0.3) is 10.6 Å². The maximum Gasteiger partial charge on any atom is 0.330 e. The molecule has 1 amide bonds. The van der Waals surface area contributed by atoms with Gasteiger partial charge in [0.15, 0.2) is 0 Å². The predicted molar refractivity (Wildman–Crippen MR) is 169 cm³/mol. The van der Waals surface area contributed by atoms with Gasteiger partial charge in [-0.05, 0) is 43.6 Å². The third kappa shape index (κ3) is 10.4. The Morgan fingerprint density at radius 3 is 2.63 bits per heavy atom. The van der Waals surface area contributed by atoms with Crippen LogP contribution in [0.1, 0.15) is 72.6 Å². The van der Waals surface area contributed by atoms with Crippen molar-refractivity contribution in [2.45, 2.75) is 97.1 Å². The molecule has 0 radical (unpaired) electrons. The van der Waals surface area contributed by atoms with Gasteiger partial charge in [-0.15, -0.1) is 0 Å². The Balaban J connectivity index is 1.28. The van der Waals surface area contributed by atoms with Gasteiger partial charge in [-0.2, -0.15) is 0 Å². The molecule has 240 valence electrons. The monoisotopic (exact) mass is 638 g/mol. The summed E-state index contributed by atoms with van der Waals surface area (Å²) in [6.07, 6.45) is 5.43. The molecule has 3 aliphatic heterocycles. The Kier molecular flexibility index (Phi) is 14.1. The molecule has 0 aromatic rings. The summed E-state index contributed by atoms with van der Waals surface area (Å²) < 4.78 is 11.0. The van der Waals surface area contributed by atoms with E-state index >= 15 is 0 Å². The summed E-state index contributed by atoms with van der Waals surface area (Å²) >= 11 is 0. The molecule has 3 heterocycles. The molecule has 10 nitrogen and oxygen atoms in total. The smallest absolute Gasteiger partial charge is 0.330 e. The van der Waals surface area contributed by atoms with Crippen LogP contribution >= 0.6 is 20.7 Å². The van der Waals surface area contributed by atoms with Crippen LogP contribution < -0.4 is 10.9 Å². The van der Waals surface area contributed by atoms with E-state index in [2.05, 4.69) is 37.1 Å². The Morgan fingerprint density at radius 2 is 1.88 bits per heavy atom. The number of carbonyl (C=O) groups excluding carboxylic acids is 2. The fourth-order valence-corrected chi connectivity index (χ4v) is 6.99. The van der Waals surface area contributed by atoms with Crippen molar-refractivity contribution in [1.82, 2.24) is 4.98 Å². The first-order valence-electron chi connectivity index (χ1n) is 15.1. The predicted octanol–water partition coefficient (Wildman–Crippen LogP) is 4.71. The highest BCUT2D eigenvalue weighted by atomic mass is 32.9. The summed E-state index contributed by atoms with van der Waals surface area (Å²) in [6.45, 7) is 8.39. The Labute approximate surface area is 260 Å². The lowest BCUT2D eigenvalue weighted by Gasteiger charge is -2.39. The molecule has 12 heteroatoms. The Bertz CT molecular complexity index is 1250. The number of ether oxygens (including phenoxy) is 2. The van der Waals surface area contributed by atoms with Crippen LogP contribution in [0.5, 0.6) is 0 Å². The summed E-state index contributed by atoms with van der Waals surface area (Å²) in [4.78, 5) is 40.0. The molecule has 0 aliphatic carbocycles. The Morgan fingerprint density at radius 1 is 1.16 bits per heavy atom. The number of aromatic amines is 1. The van der Waals surface area contributed by atoms with Crippen LogP contribution in [0, 0.1) is 17.8 Å². The lowest BCUT2D eigenvalue weighted by molar-refractivity contribution is -0.187. The van der Waals surface area contributed by atoms with Crippen molar-refractivity contribution >= 4 is 38.2 Å². The minimum absolute atomic E-state index is 0.181. The van der Waals surface area contributed by atoms with Crippen molar-refractivity contribution in [3.8, 4) is 10.6 Å². The lowest BCUT2D eigenvalue weighted by Crippen LogP contribution is -2.54. The highest BCUT2D eigenvalue weighted by Crippen LogP contribution is 2.35. The number of aliphatic hydroxyl groups is 3. The molecule has 43 heavy (non-hydrogen) atoms. The number of anilines is 1. The molecule has 1 saturated heterocycles. The van der Waals surface area contributed by atoms with Crippen molar-refractivity contribution < 1.29 is 34.4 Å². The van der Waals surface area contributed by atoms with Gasteiger partial charge in [-0.25, -0.2) is 4.79 Å². The van der Waals surface area contributed by atoms with Crippen molar-refractivity contribution in [2.75, 3.05) is 18.5 Å². The molecule has 5 N–H and O–H groups in total. The van der Waals surface area contributed by atoms with Crippen LogP contribution in [0.4, 0.5) is 5.69 Å². The minimum atomic E-state index is -1.29. The first-order chi connectivity index (χ1) is 20.5. The van der Waals surface area contributed by atoms with Gasteiger partial charge >= 0.3 is 5.97 Å². The van der Waals surface area contributed by atoms with Crippen molar-refractivity contribution in [1.29, 1.82) is 0 Å². The molecule has 0 spiro atoms. The quantitative estimate of drug-likeness (QED) is 0.0582. The standard InChI is InChI=1S/C31H46N2O8S2/c1-18(2)19(3)11-10-12-21-16-41-29(28(38)27(21)37)26(36)20(4)15-24(35)40-14-9-7-5-6-8-13-23(34)33-25-30-22(17-42-43-30)32-31(25)39/h10-11,15,17-19,21,26-29,36-38H,5-9,12-14,16H2,1-4H3,(H,32,39)(H,33,34)/b11-10+,20-15+/t19-,21+,26-,27-,28-,29+/m1/s1. The van der Waals surface area contributed by atoms with E-state index in [1.54, 1.807) is 6.92 Å². The summed E-state index contributed by atoms with van der Waals surface area (Å²) in [6, 6.07) is 0.